The van der Waals surface area contributed by atoms with Crippen LogP contribution in [0.25, 0.3) is 10.9 Å². The zero-order valence-corrected chi connectivity index (χ0v) is 11.9. The van der Waals surface area contributed by atoms with Gasteiger partial charge in [-0.05, 0) is 17.5 Å². The lowest BCUT2D eigenvalue weighted by Gasteiger charge is -2.05. The molecule has 0 bridgehead atoms. The molecule has 0 aliphatic heterocycles. The molecule has 0 saturated carbocycles. The van der Waals surface area contributed by atoms with Gasteiger partial charge in [-0.15, -0.1) is 0 Å². The molecule has 0 saturated heterocycles. The molecule has 1 aromatic heterocycles. The molecule has 0 unspecified atom stereocenters. The number of ether oxygens (including phenoxy) is 2. The number of benzene rings is 1. The fourth-order valence-corrected chi connectivity index (χ4v) is 2.14. The van der Waals surface area contributed by atoms with Crippen molar-refractivity contribution in [3.8, 4) is 0 Å². The first-order chi connectivity index (χ1) is 9.49. The Morgan fingerprint density at radius 2 is 1.75 bits per heavy atom. The summed E-state index contributed by atoms with van der Waals surface area (Å²) in [5, 5.41) is 0.654. The fraction of sp³-hybridized carbons (Fsp3) is 0.333. The van der Waals surface area contributed by atoms with Gasteiger partial charge in [-0.1, -0.05) is 26.0 Å². The molecule has 1 heterocycles. The van der Waals surface area contributed by atoms with Gasteiger partial charge in [0, 0.05) is 10.9 Å². The highest BCUT2D eigenvalue weighted by Crippen LogP contribution is 2.27. The number of aromatic amines is 1. The van der Waals surface area contributed by atoms with Crippen LogP contribution in [-0.2, 0) is 9.47 Å². The van der Waals surface area contributed by atoms with Crippen LogP contribution >= 0.6 is 0 Å². The van der Waals surface area contributed by atoms with Crippen molar-refractivity contribution in [2.24, 2.45) is 0 Å². The van der Waals surface area contributed by atoms with Crippen molar-refractivity contribution < 1.29 is 19.1 Å². The van der Waals surface area contributed by atoms with Gasteiger partial charge in [0.15, 0.2) is 0 Å². The third-order valence-corrected chi connectivity index (χ3v) is 3.27. The van der Waals surface area contributed by atoms with Crippen molar-refractivity contribution in [1.82, 2.24) is 4.98 Å². The van der Waals surface area contributed by atoms with E-state index in [-0.39, 0.29) is 11.3 Å². The maximum Gasteiger partial charge on any atom is 0.355 e. The van der Waals surface area contributed by atoms with E-state index >= 15 is 0 Å². The average molecular weight is 275 g/mol. The van der Waals surface area contributed by atoms with E-state index in [0.29, 0.717) is 11.3 Å². The van der Waals surface area contributed by atoms with Gasteiger partial charge in [0.1, 0.15) is 5.69 Å². The molecule has 5 nitrogen and oxygen atoms in total. The van der Waals surface area contributed by atoms with Crippen LogP contribution in [-0.4, -0.2) is 31.1 Å². The molecule has 2 rings (SSSR count). The average Bonchev–Trinajstić information content (AvgIpc) is 2.83. The smallest absolute Gasteiger partial charge is 0.355 e. The number of H-pyrrole nitrogens is 1. The van der Waals surface area contributed by atoms with E-state index in [0.717, 1.165) is 11.1 Å². The number of rotatable bonds is 3. The van der Waals surface area contributed by atoms with Crippen LogP contribution in [0.15, 0.2) is 18.2 Å². The molecule has 106 valence electrons. The van der Waals surface area contributed by atoms with Crippen molar-refractivity contribution in [2.45, 2.75) is 19.8 Å². The Morgan fingerprint density at radius 3 is 2.30 bits per heavy atom. The van der Waals surface area contributed by atoms with Crippen LogP contribution in [0.2, 0.25) is 0 Å². The predicted octanol–water partition coefficient (Wildman–Crippen LogP) is 2.86. The van der Waals surface area contributed by atoms with Crippen molar-refractivity contribution in [1.29, 1.82) is 0 Å². The summed E-state index contributed by atoms with van der Waals surface area (Å²) in [7, 11) is 2.55. The standard InChI is InChI=1S/C15H17NO4/c1-8(2)9-5-6-10-11(7-9)16-13(15(18)20-4)12(10)14(17)19-3/h5-8,16H,1-4H3. The molecule has 0 amide bonds. The molecule has 0 spiro atoms. The first kappa shape index (κ1) is 14.1. The van der Waals surface area contributed by atoms with E-state index in [1.165, 1.54) is 14.2 Å². The van der Waals surface area contributed by atoms with Crippen molar-refractivity contribution in [3.05, 3.63) is 35.0 Å². The number of esters is 2. The largest absolute Gasteiger partial charge is 0.465 e. The van der Waals surface area contributed by atoms with Gasteiger partial charge in [-0.25, -0.2) is 9.59 Å². The topological polar surface area (TPSA) is 68.4 Å². The number of aromatic nitrogens is 1. The van der Waals surface area contributed by atoms with Gasteiger partial charge in [-0.2, -0.15) is 0 Å². The summed E-state index contributed by atoms with van der Waals surface area (Å²) in [6, 6.07) is 5.69. The lowest BCUT2D eigenvalue weighted by Crippen LogP contribution is -2.10. The zero-order chi connectivity index (χ0) is 14.9. The minimum atomic E-state index is -0.590. The number of carbonyl (C=O) groups excluding carboxylic acids is 2. The minimum Gasteiger partial charge on any atom is -0.465 e. The highest BCUT2D eigenvalue weighted by molar-refractivity contribution is 6.12. The molecule has 0 aliphatic carbocycles. The Kier molecular flexibility index (Phi) is 3.79. The second-order valence-corrected chi connectivity index (χ2v) is 4.82. The first-order valence-electron chi connectivity index (χ1n) is 6.31. The number of fused-ring (bicyclic) bond motifs is 1. The van der Waals surface area contributed by atoms with Gasteiger partial charge < -0.3 is 14.5 Å². The Labute approximate surface area is 116 Å². The highest BCUT2D eigenvalue weighted by Gasteiger charge is 2.24. The van der Waals surface area contributed by atoms with Crippen LogP contribution in [0.5, 0.6) is 0 Å². The Bertz CT molecular complexity index is 670. The Balaban J connectivity index is 2.71. The summed E-state index contributed by atoms with van der Waals surface area (Å²) in [4.78, 5) is 26.6. The molecule has 2 aromatic rings. The van der Waals surface area contributed by atoms with E-state index in [4.69, 9.17) is 9.47 Å². The van der Waals surface area contributed by atoms with Gasteiger partial charge in [-0.3, -0.25) is 0 Å². The zero-order valence-electron chi connectivity index (χ0n) is 11.9. The third kappa shape index (κ3) is 2.27. The summed E-state index contributed by atoms with van der Waals surface area (Å²) in [5.41, 5.74) is 2.17. The third-order valence-electron chi connectivity index (χ3n) is 3.27. The predicted molar refractivity (Wildman–Crippen MR) is 75.1 cm³/mol. The summed E-state index contributed by atoms with van der Waals surface area (Å²) in [5.74, 6) is -0.799. The van der Waals surface area contributed by atoms with E-state index in [2.05, 4.69) is 18.8 Å². The van der Waals surface area contributed by atoms with Crippen LogP contribution in [0.4, 0.5) is 0 Å². The Hall–Kier alpha value is -2.30. The van der Waals surface area contributed by atoms with Crippen LogP contribution in [0.1, 0.15) is 46.2 Å². The molecule has 0 radical (unpaired) electrons. The maximum atomic E-state index is 11.9. The number of hydrogen-bond acceptors (Lipinski definition) is 4. The highest BCUT2D eigenvalue weighted by atomic mass is 16.5. The lowest BCUT2D eigenvalue weighted by molar-refractivity contribution is 0.0553. The van der Waals surface area contributed by atoms with Crippen molar-refractivity contribution >= 4 is 22.8 Å². The number of carbonyl (C=O) groups is 2. The minimum absolute atomic E-state index is 0.121. The summed E-state index contributed by atoms with van der Waals surface area (Å²) in [6.45, 7) is 4.15. The summed E-state index contributed by atoms with van der Waals surface area (Å²) < 4.78 is 9.45. The van der Waals surface area contributed by atoms with E-state index < -0.39 is 11.9 Å². The van der Waals surface area contributed by atoms with Crippen molar-refractivity contribution in [3.63, 3.8) is 0 Å². The first-order valence-corrected chi connectivity index (χ1v) is 6.31. The molecule has 1 aromatic carbocycles. The normalized spacial score (nSPS) is 10.8. The van der Waals surface area contributed by atoms with Crippen LogP contribution in [0, 0.1) is 0 Å². The molecule has 1 N–H and O–H groups in total. The van der Waals surface area contributed by atoms with Gasteiger partial charge in [0.05, 0.1) is 19.8 Å². The second-order valence-electron chi connectivity index (χ2n) is 4.82. The fourth-order valence-electron chi connectivity index (χ4n) is 2.14. The molecular weight excluding hydrogens is 258 g/mol. The van der Waals surface area contributed by atoms with Gasteiger partial charge in [0.25, 0.3) is 0 Å². The van der Waals surface area contributed by atoms with Crippen LogP contribution < -0.4 is 0 Å². The summed E-state index contributed by atoms with van der Waals surface area (Å²) >= 11 is 0. The van der Waals surface area contributed by atoms with Gasteiger partial charge >= 0.3 is 11.9 Å². The SMILES string of the molecule is COC(=O)c1[nH]c2cc(C(C)C)ccc2c1C(=O)OC. The number of methoxy groups -OCH3 is 2. The van der Waals surface area contributed by atoms with Crippen LogP contribution in [0.3, 0.4) is 0 Å². The maximum absolute atomic E-state index is 11.9. The Morgan fingerprint density at radius 1 is 1.10 bits per heavy atom. The molecule has 20 heavy (non-hydrogen) atoms. The van der Waals surface area contributed by atoms with E-state index in [1.54, 1.807) is 0 Å². The number of hydrogen-bond donors (Lipinski definition) is 1. The quantitative estimate of drug-likeness (QED) is 0.874. The molecule has 0 aliphatic rings. The molecular formula is C15H17NO4. The molecule has 0 atom stereocenters. The monoisotopic (exact) mass is 275 g/mol. The van der Waals surface area contributed by atoms with E-state index in [9.17, 15) is 9.59 Å². The van der Waals surface area contributed by atoms with Crippen molar-refractivity contribution in [2.75, 3.05) is 14.2 Å². The molecule has 0 fully saturated rings. The number of nitrogens with one attached hydrogen (secondary N) is 1. The second kappa shape index (κ2) is 5.36. The van der Waals surface area contributed by atoms with Gasteiger partial charge in [0.2, 0.25) is 0 Å². The lowest BCUT2D eigenvalue weighted by atomic mass is 10.0. The summed E-state index contributed by atoms with van der Waals surface area (Å²) in [6.07, 6.45) is 0. The molecule has 5 heteroatoms. The van der Waals surface area contributed by atoms with E-state index in [1.807, 2.05) is 18.2 Å².